The smallest absolute Gasteiger partial charge is 0.0991 e. The summed E-state index contributed by atoms with van der Waals surface area (Å²) in [6, 6.07) is 20.4. The molecule has 2 aromatic heterocycles. The van der Waals surface area contributed by atoms with Gasteiger partial charge in [0.05, 0.1) is 29.0 Å². The largest absolute Gasteiger partial charge is 0.315 e. The average molecular weight is 309 g/mol. The molecule has 0 unspecified atom stereocenters. The zero-order valence-electron chi connectivity index (χ0n) is 13.3. The molecule has 4 aromatic rings. The SMILES string of the molecule is Cc1ccncc1-n1ccc2cc(-c3ccc(C#N)cc3)ccc21. The fourth-order valence-corrected chi connectivity index (χ4v) is 2.98. The summed E-state index contributed by atoms with van der Waals surface area (Å²) >= 11 is 0. The quantitative estimate of drug-likeness (QED) is 0.530. The Morgan fingerprint density at radius 3 is 2.50 bits per heavy atom. The highest BCUT2D eigenvalue weighted by molar-refractivity contribution is 5.87. The van der Waals surface area contributed by atoms with Crippen molar-refractivity contribution in [1.82, 2.24) is 9.55 Å². The van der Waals surface area contributed by atoms with Crippen molar-refractivity contribution in [3.63, 3.8) is 0 Å². The van der Waals surface area contributed by atoms with E-state index in [1.165, 1.54) is 10.9 Å². The van der Waals surface area contributed by atoms with Gasteiger partial charge in [0.1, 0.15) is 0 Å². The maximum Gasteiger partial charge on any atom is 0.0991 e. The second kappa shape index (κ2) is 5.68. The molecule has 3 heteroatoms. The molecule has 0 amide bonds. The van der Waals surface area contributed by atoms with Crippen LogP contribution in [0.2, 0.25) is 0 Å². The topological polar surface area (TPSA) is 41.6 Å². The van der Waals surface area contributed by atoms with E-state index in [0.29, 0.717) is 5.56 Å². The van der Waals surface area contributed by atoms with Crippen molar-refractivity contribution < 1.29 is 0 Å². The standard InChI is InChI=1S/C21H15N3/c1-15-8-10-23-14-21(15)24-11-9-19-12-18(6-7-20(19)24)17-4-2-16(13-22)3-5-17/h2-12,14H,1H3. The van der Waals surface area contributed by atoms with Gasteiger partial charge in [-0.1, -0.05) is 18.2 Å². The number of aryl methyl sites for hydroxylation is 1. The number of pyridine rings is 1. The highest BCUT2D eigenvalue weighted by Crippen LogP contribution is 2.27. The summed E-state index contributed by atoms with van der Waals surface area (Å²) in [6.45, 7) is 2.09. The molecule has 0 spiro atoms. The Labute approximate surface area is 140 Å². The summed E-state index contributed by atoms with van der Waals surface area (Å²) in [5.41, 5.74) is 6.38. The third-order valence-corrected chi connectivity index (χ3v) is 4.31. The van der Waals surface area contributed by atoms with Gasteiger partial charge in [-0.3, -0.25) is 4.98 Å². The van der Waals surface area contributed by atoms with Crippen LogP contribution < -0.4 is 0 Å². The van der Waals surface area contributed by atoms with Gasteiger partial charge >= 0.3 is 0 Å². The lowest BCUT2D eigenvalue weighted by atomic mass is 10.0. The van der Waals surface area contributed by atoms with Crippen LogP contribution >= 0.6 is 0 Å². The predicted molar refractivity (Wildman–Crippen MR) is 96.0 cm³/mol. The van der Waals surface area contributed by atoms with Crippen LogP contribution in [0.5, 0.6) is 0 Å². The molecule has 0 aliphatic rings. The third-order valence-electron chi connectivity index (χ3n) is 4.31. The fraction of sp³-hybridized carbons (Fsp3) is 0.0476. The highest BCUT2D eigenvalue weighted by Gasteiger charge is 2.07. The molecule has 2 heterocycles. The monoisotopic (exact) mass is 309 g/mol. The minimum atomic E-state index is 0.679. The van der Waals surface area contributed by atoms with Crippen molar-refractivity contribution in [2.24, 2.45) is 0 Å². The summed E-state index contributed by atoms with van der Waals surface area (Å²) in [5.74, 6) is 0. The maximum atomic E-state index is 8.92. The van der Waals surface area contributed by atoms with Gasteiger partial charge in [0.15, 0.2) is 0 Å². The molecule has 0 aliphatic heterocycles. The molecule has 3 nitrogen and oxygen atoms in total. The molecule has 4 rings (SSSR count). The van der Waals surface area contributed by atoms with Crippen molar-refractivity contribution in [1.29, 1.82) is 5.26 Å². The van der Waals surface area contributed by atoms with Gasteiger partial charge in [-0.15, -0.1) is 0 Å². The first-order chi connectivity index (χ1) is 11.8. The molecule has 114 valence electrons. The number of hydrogen-bond acceptors (Lipinski definition) is 2. The fourth-order valence-electron chi connectivity index (χ4n) is 2.98. The average Bonchev–Trinajstić information content (AvgIpc) is 3.05. The van der Waals surface area contributed by atoms with Crippen molar-refractivity contribution in [3.8, 4) is 22.9 Å². The van der Waals surface area contributed by atoms with Crippen LogP contribution in [-0.4, -0.2) is 9.55 Å². The second-order valence-corrected chi connectivity index (χ2v) is 5.81. The van der Waals surface area contributed by atoms with E-state index in [4.69, 9.17) is 5.26 Å². The lowest BCUT2D eigenvalue weighted by Crippen LogP contribution is -1.95. The molecule has 0 bridgehead atoms. The lowest BCUT2D eigenvalue weighted by molar-refractivity contribution is 1.07. The zero-order chi connectivity index (χ0) is 16.5. The van der Waals surface area contributed by atoms with E-state index in [2.05, 4.69) is 53.0 Å². The molecular formula is C21H15N3. The lowest BCUT2D eigenvalue weighted by Gasteiger charge is -2.09. The van der Waals surface area contributed by atoms with Crippen LogP contribution in [0.4, 0.5) is 0 Å². The number of fused-ring (bicyclic) bond motifs is 1. The minimum Gasteiger partial charge on any atom is -0.315 e. The van der Waals surface area contributed by atoms with Crippen molar-refractivity contribution in [2.45, 2.75) is 6.92 Å². The Kier molecular flexibility index (Phi) is 3.36. The summed E-state index contributed by atoms with van der Waals surface area (Å²) < 4.78 is 2.17. The van der Waals surface area contributed by atoms with Gasteiger partial charge < -0.3 is 4.57 Å². The van der Waals surface area contributed by atoms with Crippen molar-refractivity contribution >= 4 is 10.9 Å². The Morgan fingerprint density at radius 2 is 1.75 bits per heavy atom. The first kappa shape index (κ1) is 14.2. The summed E-state index contributed by atoms with van der Waals surface area (Å²) in [6.07, 6.45) is 5.79. The molecule has 0 N–H and O–H groups in total. The normalized spacial score (nSPS) is 10.7. The van der Waals surface area contributed by atoms with Crippen LogP contribution in [-0.2, 0) is 0 Å². The predicted octanol–water partition coefficient (Wildman–Crippen LogP) is 4.87. The summed E-state index contributed by atoms with van der Waals surface area (Å²) in [5, 5.41) is 10.1. The van der Waals surface area contributed by atoms with Crippen molar-refractivity contribution in [2.75, 3.05) is 0 Å². The highest BCUT2D eigenvalue weighted by atomic mass is 15.0. The number of benzene rings is 2. The molecule has 0 saturated heterocycles. The van der Waals surface area contributed by atoms with Gasteiger partial charge in [-0.2, -0.15) is 5.26 Å². The van der Waals surface area contributed by atoms with E-state index in [-0.39, 0.29) is 0 Å². The zero-order valence-corrected chi connectivity index (χ0v) is 13.3. The molecule has 0 aliphatic carbocycles. The van der Waals surface area contributed by atoms with E-state index >= 15 is 0 Å². The molecule has 0 radical (unpaired) electrons. The van der Waals surface area contributed by atoms with Crippen LogP contribution in [0.25, 0.3) is 27.7 Å². The van der Waals surface area contributed by atoms with Crippen LogP contribution in [0.15, 0.2) is 73.2 Å². The minimum absolute atomic E-state index is 0.679. The van der Waals surface area contributed by atoms with Crippen LogP contribution in [0.1, 0.15) is 11.1 Å². The molecule has 0 atom stereocenters. The van der Waals surface area contributed by atoms with E-state index in [1.54, 1.807) is 0 Å². The number of aromatic nitrogens is 2. The number of rotatable bonds is 2. The Hall–Kier alpha value is -3.38. The van der Waals surface area contributed by atoms with Gasteiger partial charge in [0, 0.05) is 17.8 Å². The van der Waals surface area contributed by atoms with Crippen molar-refractivity contribution in [3.05, 3.63) is 84.3 Å². The molecule has 0 fully saturated rings. The Bertz CT molecular complexity index is 1070. The third kappa shape index (κ3) is 2.35. The maximum absolute atomic E-state index is 8.92. The molecule has 2 aromatic carbocycles. The first-order valence-corrected chi connectivity index (χ1v) is 7.79. The van der Waals surface area contributed by atoms with Gasteiger partial charge in [0.25, 0.3) is 0 Å². The van der Waals surface area contributed by atoms with E-state index in [9.17, 15) is 0 Å². The first-order valence-electron chi connectivity index (χ1n) is 7.79. The number of hydrogen-bond donors (Lipinski definition) is 0. The molecule has 0 saturated carbocycles. The Morgan fingerprint density at radius 1 is 0.958 bits per heavy atom. The van der Waals surface area contributed by atoms with E-state index in [1.807, 2.05) is 42.7 Å². The Balaban J connectivity index is 1.81. The number of nitrogens with zero attached hydrogens (tertiary/aromatic N) is 3. The van der Waals surface area contributed by atoms with Gasteiger partial charge in [-0.25, -0.2) is 0 Å². The molecule has 24 heavy (non-hydrogen) atoms. The van der Waals surface area contributed by atoms with Crippen LogP contribution in [0, 0.1) is 18.3 Å². The van der Waals surface area contributed by atoms with Crippen LogP contribution in [0.3, 0.4) is 0 Å². The van der Waals surface area contributed by atoms with E-state index in [0.717, 1.165) is 22.3 Å². The number of nitriles is 1. The van der Waals surface area contributed by atoms with Gasteiger partial charge in [-0.05, 0) is 60.0 Å². The summed E-state index contributed by atoms with van der Waals surface area (Å²) in [4.78, 5) is 4.24. The van der Waals surface area contributed by atoms with Gasteiger partial charge in [0.2, 0.25) is 0 Å². The molecular weight excluding hydrogens is 294 g/mol. The van der Waals surface area contributed by atoms with E-state index < -0.39 is 0 Å². The summed E-state index contributed by atoms with van der Waals surface area (Å²) in [7, 11) is 0. The second-order valence-electron chi connectivity index (χ2n) is 5.81.